The highest BCUT2D eigenvalue weighted by Gasteiger charge is 2.11. The normalized spacial score (nSPS) is 10.2. The first kappa shape index (κ1) is 16.0. The molecule has 0 unspecified atom stereocenters. The fourth-order valence-electron chi connectivity index (χ4n) is 2.33. The zero-order valence-corrected chi connectivity index (χ0v) is 14.3. The molecule has 0 aliphatic heterocycles. The molecule has 0 radical (unpaired) electrons. The Kier molecular flexibility index (Phi) is 4.78. The van der Waals surface area contributed by atoms with Crippen molar-refractivity contribution in [2.45, 2.75) is 6.92 Å². The van der Waals surface area contributed by atoms with Crippen molar-refractivity contribution in [3.63, 3.8) is 0 Å². The summed E-state index contributed by atoms with van der Waals surface area (Å²) >= 11 is 1.57. The molecule has 24 heavy (non-hydrogen) atoms. The Bertz CT molecular complexity index is 879. The largest absolute Gasteiger partial charge is 0.493 e. The number of hydrogen-bond acceptors (Lipinski definition) is 5. The van der Waals surface area contributed by atoms with E-state index in [0.29, 0.717) is 17.9 Å². The molecule has 120 valence electrons. The van der Waals surface area contributed by atoms with E-state index in [1.54, 1.807) is 30.6 Å². The van der Waals surface area contributed by atoms with E-state index < -0.39 is 0 Å². The van der Waals surface area contributed by atoms with Gasteiger partial charge in [0.15, 0.2) is 11.5 Å². The number of hydrogen-bond donors (Lipinski definition) is 0. The molecule has 0 atom stereocenters. The first-order chi connectivity index (χ1) is 11.7. The van der Waals surface area contributed by atoms with Crippen LogP contribution in [0.2, 0.25) is 0 Å². The van der Waals surface area contributed by atoms with Crippen LogP contribution < -0.4 is 9.47 Å². The van der Waals surface area contributed by atoms with E-state index in [4.69, 9.17) is 19.7 Å². The van der Waals surface area contributed by atoms with Crippen molar-refractivity contribution >= 4 is 11.3 Å². The molecule has 0 fully saturated rings. The Morgan fingerprint density at radius 1 is 1.08 bits per heavy atom. The smallest absolute Gasteiger partial charge is 0.161 e. The molecule has 0 saturated carbocycles. The molecular weight excluding hydrogens is 320 g/mol. The van der Waals surface area contributed by atoms with Crippen molar-refractivity contribution in [2.24, 2.45) is 0 Å². The lowest BCUT2D eigenvalue weighted by molar-refractivity contribution is 0.311. The summed E-state index contributed by atoms with van der Waals surface area (Å²) in [5.74, 6) is 1.43. The van der Waals surface area contributed by atoms with Gasteiger partial charge in [-0.1, -0.05) is 12.1 Å². The number of benzene rings is 2. The summed E-state index contributed by atoms with van der Waals surface area (Å²) in [5, 5.41) is 11.8. The topological polar surface area (TPSA) is 55.1 Å². The highest BCUT2D eigenvalue weighted by molar-refractivity contribution is 7.13. The maximum Gasteiger partial charge on any atom is 0.161 e. The first-order valence-electron chi connectivity index (χ1n) is 7.52. The predicted molar refractivity (Wildman–Crippen MR) is 95.4 cm³/mol. The highest BCUT2D eigenvalue weighted by atomic mass is 32.1. The van der Waals surface area contributed by atoms with Gasteiger partial charge in [-0.15, -0.1) is 11.3 Å². The Labute approximate surface area is 144 Å². The summed E-state index contributed by atoms with van der Waals surface area (Å²) in [7, 11) is 1.63. The van der Waals surface area contributed by atoms with Gasteiger partial charge in [0.1, 0.15) is 5.01 Å². The second-order valence-electron chi connectivity index (χ2n) is 5.03. The van der Waals surface area contributed by atoms with E-state index in [-0.39, 0.29) is 0 Å². The van der Waals surface area contributed by atoms with Crippen molar-refractivity contribution in [1.29, 1.82) is 5.26 Å². The second kappa shape index (κ2) is 7.16. The van der Waals surface area contributed by atoms with Crippen molar-refractivity contribution in [3.05, 3.63) is 53.4 Å². The standard InChI is InChI=1S/C19H16N2O2S/c1-3-23-17-9-8-15(10-18(17)22-2)19-21-16(12-24-19)14-6-4-13(11-20)5-7-14/h4-10,12H,3H2,1-2H3. The van der Waals surface area contributed by atoms with Crippen LogP contribution in [0.3, 0.4) is 0 Å². The Balaban J connectivity index is 1.91. The molecule has 3 rings (SSSR count). The van der Waals surface area contributed by atoms with Crippen LogP contribution >= 0.6 is 11.3 Å². The lowest BCUT2D eigenvalue weighted by Crippen LogP contribution is -1.95. The Morgan fingerprint density at radius 3 is 2.50 bits per heavy atom. The number of ether oxygens (including phenoxy) is 2. The van der Waals surface area contributed by atoms with Crippen molar-refractivity contribution < 1.29 is 9.47 Å². The summed E-state index contributed by atoms with van der Waals surface area (Å²) in [4.78, 5) is 4.70. The zero-order chi connectivity index (χ0) is 16.9. The third kappa shape index (κ3) is 3.24. The van der Waals surface area contributed by atoms with Crippen molar-refractivity contribution in [3.8, 4) is 39.4 Å². The van der Waals surface area contributed by atoms with Crippen LogP contribution in [-0.2, 0) is 0 Å². The van der Waals surface area contributed by atoms with Gasteiger partial charge >= 0.3 is 0 Å². The van der Waals surface area contributed by atoms with Gasteiger partial charge < -0.3 is 9.47 Å². The number of methoxy groups -OCH3 is 1. The number of nitriles is 1. The van der Waals surface area contributed by atoms with Crippen molar-refractivity contribution in [2.75, 3.05) is 13.7 Å². The lowest BCUT2D eigenvalue weighted by atomic mass is 10.1. The Hall–Kier alpha value is -2.84. The van der Waals surface area contributed by atoms with Gasteiger partial charge in [-0.3, -0.25) is 0 Å². The van der Waals surface area contributed by atoms with Gasteiger partial charge in [0.25, 0.3) is 0 Å². The quantitative estimate of drug-likeness (QED) is 0.674. The molecule has 3 aromatic rings. The van der Waals surface area contributed by atoms with Gasteiger partial charge in [0.05, 0.1) is 31.0 Å². The fraction of sp³-hybridized carbons (Fsp3) is 0.158. The van der Waals surface area contributed by atoms with E-state index in [9.17, 15) is 0 Å². The van der Waals surface area contributed by atoms with Crippen molar-refractivity contribution in [1.82, 2.24) is 4.98 Å². The molecule has 5 heteroatoms. The summed E-state index contributed by atoms with van der Waals surface area (Å²) in [6, 6.07) is 15.4. The van der Waals surface area contributed by atoms with Crippen LogP contribution in [0.1, 0.15) is 12.5 Å². The van der Waals surface area contributed by atoms with Gasteiger partial charge in [0, 0.05) is 16.5 Å². The average molecular weight is 336 g/mol. The van der Waals surface area contributed by atoms with Crippen LogP contribution in [0.25, 0.3) is 21.8 Å². The Morgan fingerprint density at radius 2 is 1.83 bits per heavy atom. The molecule has 0 saturated heterocycles. The van der Waals surface area contributed by atoms with Gasteiger partial charge in [-0.05, 0) is 37.3 Å². The minimum atomic E-state index is 0.593. The molecule has 0 aliphatic rings. The SMILES string of the molecule is CCOc1ccc(-c2nc(-c3ccc(C#N)cc3)cs2)cc1OC. The third-order valence-corrected chi connectivity index (χ3v) is 4.42. The highest BCUT2D eigenvalue weighted by Crippen LogP contribution is 2.35. The van der Waals surface area contributed by atoms with E-state index in [2.05, 4.69) is 6.07 Å². The summed E-state index contributed by atoms with van der Waals surface area (Å²) in [5.41, 5.74) is 3.52. The minimum absolute atomic E-state index is 0.593. The molecular formula is C19H16N2O2S. The molecule has 0 bridgehead atoms. The summed E-state index contributed by atoms with van der Waals surface area (Å²) in [6.07, 6.45) is 0. The molecule has 0 spiro atoms. The summed E-state index contributed by atoms with van der Waals surface area (Å²) in [6.45, 7) is 2.54. The van der Waals surface area contributed by atoms with Gasteiger partial charge in [0.2, 0.25) is 0 Å². The second-order valence-corrected chi connectivity index (χ2v) is 5.88. The third-order valence-electron chi connectivity index (χ3n) is 3.52. The van der Waals surface area contributed by atoms with Crippen LogP contribution in [0.4, 0.5) is 0 Å². The molecule has 0 N–H and O–H groups in total. The number of thiazole rings is 1. The molecule has 0 aliphatic carbocycles. The zero-order valence-electron chi connectivity index (χ0n) is 13.4. The van der Waals surface area contributed by atoms with Gasteiger partial charge in [-0.25, -0.2) is 4.98 Å². The maximum absolute atomic E-state index is 8.88. The summed E-state index contributed by atoms with van der Waals surface area (Å²) < 4.78 is 10.9. The van der Waals surface area contributed by atoms with Gasteiger partial charge in [-0.2, -0.15) is 5.26 Å². The lowest BCUT2D eigenvalue weighted by Gasteiger charge is -2.09. The monoisotopic (exact) mass is 336 g/mol. The van der Waals surface area contributed by atoms with Crippen LogP contribution in [-0.4, -0.2) is 18.7 Å². The number of aromatic nitrogens is 1. The molecule has 0 amide bonds. The number of nitrogens with zero attached hydrogens (tertiary/aromatic N) is 2. The maximum atomic E-state index is 8.88. The molecule has 1 heterocycles. The molecule has 2 aromatic carbocycles. The van der Waals surface area contributed by atoms with E-state index in [0.717, 1.165) is 27.6 Å². The minimum Gasteiger partial charge on any atom is -0.493 e. The fourth-order valence-corrected chi connectivity index (χ4v) is 3.16. The van der Waals surface area contributed by atoms with Crippen LogP contribution in [0.15, 0.2) is 47.8 Å². The molecule has 4 nitrogen and oxygen atoms in total. The van der Waals surface area contributed by atoms with Crippen LogP contribution in [0.5, 0.6) is 11.5 Å². The predicted octanol–water partition coefficient (Wildman–Crippen LogP) is 4.76. The van der Waals surface area contributed by atoms with E-state index in [1.807, 2.05) is 42.6 Å². The number of rotatable bonds is 5. The van der Waals surface area contributed by atoms with E-state index >= 15 is 0 Å². The molecule has 1 aromatic heterocycles. The average Bonchev–Trinajstić information content (AvgIpc) is 3.12. The van der Waals surface area contributed by atoms with Crippen LogP contribution in [0, 0.1) is 11.3 Å². The van der Waals surface area contributed by atoms with E-state index in [1.165, 1.54) is 0 Å². The first-order valence-corrected chi connectivity index (χ1v) is 8.40.